The van der Waals surface area contributed by atoms with Crippen LogP contribution in [0.15, 0.2) is 16.6 Å². The van der Waals surface area contributed by atoms with Gasteiger partial charge in [0.2, 0.25) is 0 Å². The number of halogens is 1. The van der Waals surface area contributed by atoms with Crippen molar-refractivity contribution in [3.8, 4) is 11.5 Å². The number of benzene rings is 1. The topological polar surface area (TPSA) is 44.5 Å². The minimum absolute atomic E-state index is 0.294. The third-order valence-electron chi connectivity index (χ3n) is 4.05. The van der Waals surface area contributed by atoms with Crippen LogP contribution in [-0.2, 0) is 5.54 Å². The van der Waals surface area contributed by atoms with Gasteiger partial charge in [0, 0.05) is 11.1 Å². The molecule has 1 aliphatic carbocycles. The van der Waals surface area contributed by atoms with Crippen LogP contribution in [-0.4, -0.2) is 14.2 Å². The number of hydrogen-bond donors (Lipinski definition) is 1. The van der Waals surface area contributed by atoms with Crippen molar-refractivity contribution in [2.45, 2.75) is 38.1 Å². The monoisotopic (exact) mass is 327 g/mol. The summed E-state index contributed by atoms with van der Waals surface area (Å²) in [6.45, 7) is 2.27. The summed E-state index contributed by atoms with van der Waals surface area (Å²) in [6.07, 6.45) is 4.44. The Morgan fingerprint density at radius 3 is 2.63 bits per heavy atom. The Kier molecular flexibility index (Phi) is 4.41. The lowest BCUT2D eigenvalue weighted by atomic mass is 9.73. The molecule has 0 aromatic heterocycles. The number of hydrogen-bond acceptors (Lipinski definition) is 3. The van der Waals surface area contributed by atoms with Gasteiger partial charge in [0.25, 0.3) is 0 Å². The van der Waals surface area contributed by atoms with Gasteiger partial charge in [0.1, 0.15) is 16.0 Å². The van der Waals surface area contributed by atoms with Crippen molar-refractivity contribution >= 4 is 15.9 Å². The predicted octanol–water partition coefficient (Wildman–Crippen LogP) is 3.83. The first-order chi connectivity index (χ1) is 9.01. The average Bonchev–Trinajstić information content (AvgIpc) is 2.38. The van der Waals surface area contributed by atoms with E-state index in [1.165, 1.54) is 12.8 Å². The molecular weight excluding hydrogens is 306 g/mol. The fourth-order valence-electron chi connectivity index (χ4n) is 3.12. The van der Waals surface area contributed by atoms with Crippen molar-refractivity contribution in [3.63, 3.8) is 0 Å². The maximum atomic E-state index is 6.67. The van der Waals surface area contributed by atoms with Gasteiger partial charge in [0.05, 0.1) is 14.2 Å². The van der Waals surface area contributed by atoms with Crippen molar-refractivity contribution in [1.29, 1.82) is 0 Å². The van der Waals surface area contributed by atoms with Crippen LogP contribution in [0, 0.1) is 5.92 Å². The Morgan fingerprint density at radius 1 is 1.32 bits per heavy atom. The SMILES string of the molecule is COc1ccc(C2(N)CCCC(C)C2)c(OC)c1Br. The van der Waals surface area contributed by atoms with Crippen LogP contribution in [0.5, 0.6) is 11.5 Å². The highest BCUT2D eigenvalue weighted by Crippen LogP contribution is 2.46. The largest absolute Gasteiger partial charge is 0.495 e. The van der Waals surface area contributed by atoms with Crippen molar-refractivity contribution in [2.75, 3.05) is 14.2 Å². The summed E-state index contributed by atoms with van der Waals surface area (Å²) >= 11 is 3.55. The lowest BCUT2D eigenvalue weighted by Gasteiger charge is -2.38. The Hall–Kier alpha value is -0.740. The fraction of sp³-hybridized carbons (Fsp3) is 0.600. The summed E-state index contributed by atoms with van der Waals surface area (Å²) in [6, 6.07) is 4.00. The molecule has 2 atom stereocenters. The van der Waals surface area contributed by atoms with Gasteiger partial charge in [-0.3, -0.25) is 0 Å². The summed E-state index contributed by atoms with van der Waals surface area (Å²) in [7, 11) is 3.33. The first-order valence-electron chi connectivity index (χ1n) is 6.71. The summed E-state index contributed by atoms with van der Waals surface area (Å²) in [5.41, 5.74) is 7.45. The van der Waals surface area contributed by atoms with E-state index in [1.54, 1.807) is 14.2 Å². The molecule has 2 unspecified atom stereocenters. The zero-order valence-corrected chi connectivity index (χ0v) is 13.4. The standard InChI is InChI=1S/C15H22BrNO2/c1-10-5-4-8-15(17,9-10)11-6-7-12(18-2)13(16)14(11)19-3/h6-7,10H,4-5,8-9,17H2,1-3H3. The smallest absolute Gasteiger partial charge is 0.141 e. The third kappa shape index (κ3) is 2.75. The van der Waals surface area contributed by atoms with Gasteiger partial charge in [-0.2, -0.15) is 0 Å². The van der Waals surface area contributed by atoms with Crippen molar-refractivity contribution in [1.82, 2.24) is 0 Å². The third-order valence-corrected chi connectivity index (χ3v) is 4.81. The Morgan fingerprint density at radius 2 is 2.05 bits per heavy atom. The number of nitrogens with two attached hydrogens (primary N) is 1. The first kappa shape index (κ1) is 14.7. The first-order valence-corrected chi connectivity index (χ1v) is 7.51. The molecule has 0 aliphatic heterocycles. The number of ether oxygens (including phenoxy) is 2. The summed E-state index contributed by atoms with van der Waals surface area (Å²) in [4.78, 5) is 0. The molecule has 19 heavy (non-hydrogen) atoms. The van der Waals surface area contributed by atoms with Crippen LogP contribution < -0.4 is 15.2 Å². The van der Waals surface area contributed by atoms with E-state index in [9.17, 15) is 0 Å². The number of rotatable bonds is 3. The minimum atomic E-state index is -0.294. The average molecular weight is 328 g/mol. The maximum Gasteiger partial charge on any atom is 0.141 e. The maximum absolute atomic E-state index is 6.67. The van der Waals surface area contributed by atoms with Crippen LogP contribution >= 0.6 is 15.9 Å². The second kappa shape index (κ2) is 5.71. The molecule has 0 amide bonds. The molecule has 1 saturated carbocycles. The zero-order valence-electron chi connectivity index (χ0n) is 11.8. The van der Waals surface area contributed by atoms with Crippen LogP contribution in [0.1, 0.15) is 38.2 Å². The summed E-state index contributed by atoms with van der Waals surface area (Å²) < 4.78 is 11.7. The summed E-state index contributed by atoms with van der Waals surface area (Å²) in [5, 5.41) is 0. The van der Waals surface area contributed by atoms with E-state index in [0.717, 1.165) is 34.4 Å². The molecule has 2 rings (SSSR count). The van der Waals surface area contributed by atoms with E-state index in [2.05, 4.69) is 22.9 Å². The Balaban J connectivity index is 2.46. The molecule has 0 spiro atoms. The van der Waals surface area contributed by atoms with E-state index in [-0.39, 0.29) is 5.54 Å². The van der Waals surface area contributed by atoms with Crippen molar-refractivity contribution < 1.29 is 9.47 Å². The number of methoxy groups -OCH3 is 2. The van der Waals surface area contributed by atoms with Gasteiger partial charge in [-0.15, -0.1) is 0 Å². The minimum Gasteiger partial charge on any atom is -0.495 e. The van der Waals surface area contributed by atoms with E-state index in [0.29, 0.717) is 5.92 Å². The molecule has 3 nitrogen and oxygen atoms in total. The summed E-state index contributed by atoms with van der Waals surface area (Å²) in [5.74, 6) is 2.23. The van der Waals surface area contributed by atoms with Crippen molar-refractivity contribution in [3.05, 3.63) is 22.2 Å². The lowest BCUT2D eigenvalue weighted by molar-refractivity contribution is 0.232. The van der Waals surface area contributed by atoms with Gasteiger partial charge in [0.15, 0.2) is 0 Å². The van der Waals surface area contributed by atoms with Gasteiger partial charge in [-0.25, -0.2) is 0 Å². The molecule has 0 radical (unpaired) electrons. The normalized spacial score (nSPS) is 27.1. The van der Waals surface area contributed by atoms with Gasteiger partial charge in [-0.1, -0.05) is 19.8 Å². The van der Waals surface area contributed by atoms with Gasteiger partial charge >= 0.3 is 0 Å². The molecular formula is C15H22BrNO2. The quantitative estimate of drug-likeness (QED) is 0.917. The highest BCUT2D eigenvalue weighted by molar-refractivity contribution is 9.10. The fourth-order valence-corrected chi connectivity index (χ4v) is 3.79. The van der Waals surface area contributed by atoms with E-state index in [1.807, 2.05) is 12.1 Å². The van der Waals surface area contributed by atoms with Gasteiger partial charge < -0.3 is 15.2 Å². The molecule has 2 N–H and O–H groups in total. The van der Waals surface area contributed by atoms with Crippen LogP contribution in [0.3, 0.4) is 0 Å². The molecule has 1 aromatic carbocycles. The molecule has 1 fully saturated rings. The van der Waals surface area contributed by atoms with E-state index >= 15 is 0 Å². The van der Waals surface area contributed by atoms with E-state index < -0.39 is 0 Å². The highest BCUT2D eigenvalue weighted by atomic mass is 79.9. The highest BCUT2D eigenvalue weighted by Gasteiger charge is 2.36. The molecule has 1 aliphatic rings. The van der Waals surface area contributed by atoms with E-state index in [4.69, 9.17) is 15.2 Å². The van der Waals surface area contributed by atoms with Crippen molar-refractivity contribution in [2.24, 2.45) is 11.7 Å². The molecule has 106 valence electrons. The van der Waals surface area contributed by atoms with Gasteiger partial charge in [-0.05, 0) is 46.8 Å². The molecule has 0 bridgehead atoms. The molecule has 4 heteroatoms. The van der Waals surface area contributed by atoms with Crippen LogP contribution in [0.25, 0.3) is 0 Å². The van der Waals surface area contributed by atoms with Crippen LogP contribution in [0.2, 0.25) is 0 Å². The molecule has 0 heterocycles. The second-order valence-electron chi connectivity index (χ2n) is 5.52. The lowest BCUT2D eigenvalue weighted by Crippen LogP contribution is -2.41. The predicted molar refractivity (Wildman–Crippen MR) is 80.7 cm³/mol. The molecule has 0 saturated heterocycles. The van der Waals surface area contributed by atoms with Crippen LogP contribution in [0.4, 0.5) is 0 Å². The Bertz CT molecular complexity index is 464. The Labute approximate surface area is 123 Å². The second-order valence-corrected chi connectivity index (χ2v) is 6.31. The zero-order chi connectivity index (χ0) is 14.0. The molecule has 1 aromatic rings.